The van der Waals surface area contributed by atoms with Crippen LogP contribution < -0.4 is 0 Å². The van der Waals surface area contributed by atoms with Gasteiger partial charge < -0.3 is 0 Å². The quantitative estimate of drug-likeness (QED) is 0.651. The summed E-state index contributed by atoms with van der Waals surface area (Å²) in [5.41, 5.74) is 9.45. The van der Waals surface area contributed by atoms with Gasteiger partial charge in [0.25, 0.3) is 0 Å². The van der Waals surface area contributed by atoms with Crippen molar-refractivity contribution in [1.29, 1.82) is 0 Å². The van der Waals surface area contributed by atoms with Gasteiger partial charge in [0.2, 0.25) is 0 Å². The molecular weight excluding hydrogens is 243 g/mol. The molecular formula is C16H22V. The standard InChI is InChI=1S/2C8H11.V/c2*1-6-4-5-7(2)8(6)3;/h2*4H2,1-3H3;. The van der Waals surface area contributed by atoms with Gasteiger partial charge in [0.05, 0.1) is 0 Å². The zero-order valence-corrected chi connectivity index (χ0v) is 13.3. The fourth-order valence-corrected chi connectivity index (χ4v) is 5.06. The molecule has 0 aliphatic heterocycles. The summed E-state index contributed by atoms with van der Waals surface area (Å²) >= 11 is 0.266. The van der Waals surface area contributed by atoms with E-state index >= 15 is 0 Å². The Hall–Kier alpha value is -0.456. The molecule has 0 atom stereocenters. The molecule has 0 heterocycles. The molecule has 0 radical (unpaired) electrons. The molecule has 0 aromatic heterocycles. The summed E-state index contributed by atoms with van der Waals surface area (Å²) in [5.74, 6) is 0. The first-order chi connectivity index (χ1) is 7.91. The molecule has 0 N–H and O–H groups in total. The average molecular weight is 265 g/mol. The van der Waals surface area contributed by atoms with Crippen molar-refractivity contribution in [3.8, 4) is 0 Å². The SMILES string of the molecule is CC1=C(C)C(C)=[C]([V][C]2=C(C)C(C)=C(C)C2)C1. The topological polar surface area (TPSA) is 0 Å². The van der Waals surface area contributed by atoms with Crippen molar-refractivity contribution in [2.75, 3.05) is 0 Å². The Morgan fingerprint density at radius 2 is 0.941 bits per heavy atom. The van der Waals surface area contributed by atoms with Gasteiger partial charge in [0, 0.05) is 0 Å². The average Bonchev–Trinajstić information content (AvgIpc) is 2.66. The number of rotatable bonds is 2. The van der Waals surface area contributed by atoms with E-state index in [9.17, 15) is 0 Å². The van der Waals surface area contributed by atoms with Crippen molar-refractivity contribution in [2.24, 2.45) is 0 Å². The van der Waals surface area contributed by atoms with Gasteiger partial charge in [-0.1, -0.05) is 0 Å². The van der Waals surface area contributed by atoms with E-state index in [2.05, 4.69) is 41.5 Å². The fourth-order valence-electron chi connectivity index (χ4n) is 2.52. The van der Waals surface area contributed by atoms with Crippen molar-refractivity contribution in [3.05, 3.63) is 42.0 Å². The number of hydrogen-bond donors (Lipinski definition) is 0. The summed E-state index contributed by atoms with van der Waals surface area (Å²) in [6.07, 6.45) is 2.49. The van der Waals surface area contributed by atoms with E-state index in [1.165, 1.54) is 12.8 Å². The van der Waals surface area contributed by atoms with Crippen molar-refractivity contribution in [1.82, 2.24) is 0 Å². The van der Waals surface area contributed by atoms with Crippen LogP contribution in [-0.4, -0.2) is 0 Å². The second-order valence-electron chi connectivity index (χ2n) is 5.42. The molecule has 0 saturated carbocycles. The minimum atomic E-state index is 0.266. The van der Waals surface area contributed by atoms with Crippen molar-refractivity contribution < 1.29 is 16.3 Å². The summed E-state index contributed by atoms with van der Waals surface area (Å²) in [4.78, 5) is 0. The van der Waals surface area contributed by atoms with Gasteiger partial charge in [0.15, 0.2) is 0 Å². The van der Waals surface area contributed by atoms with Gasteiger partial charge in [0.1, 0.15) is 0 Å². The van der Waals surface area contributed by atoms with E-state index < -0.39 is 0 Å². The molecule has 0 nitrogen and oxygen atoms in total. The molecule has 0 saturated heterocycles. The number of hydrogen-bond acceptors (Lipinski definition) is 0. The molecule has 0 aromatic rings. The number of allylic oxidation sites excluding steroid dienone is 8. The van der Waals surface area contributed by atoms with E-state index in [0.29, 0.717) is 0 Å². The van der Waals surface area contributed by atoms with Gasteiger partial charge >= 0.3 is 113 Å². The van der Waals surface area contributed by atoms with Gasteiger partial charge in [-0.2, -0.15) is 0 Å². The zero-order chi connectivity index (χ0) is 12.7. The molecule has 2 aliphatic carbocycles. The Balaban J connectivity index is 2.18. The van der Waals surface area contributed by atoms with E-state index in [1.807, 2.05) is 0 Å². The molecule has 0 amide bonds. The van der Waals surface area contributed by atoms with Crippen molar-refractivity contribution >= 4 is 0 Å². The fraction of sp³-hybridized carbons (Fsp3) is 0.500. The summed E-state index contributed by atoms with van der Waals surface area (Å²) < 4.78 is 3.49. The summed E-state index contributed by atoms with van der Waals surface area (Å²) in [6, 6.07) is 0. The second kappa shape index (κ2) is 4.67. The molecule has 0 spiro atoms. The predicted molar refractivity (Wildman–Crippen MR) is 71.4 cm³/mol. The zero-order valence-electron chi connectivity index (χ0n) is 11.9. The molecule has 2 aliphatic rings. The van der Waals surface area contributed by atoms with E-state index in [0.717, 1.165) is 0 Å². The maximum atomic E-state index is 2.31. The molecule has 0 aromatic carbocycles. The Labute approximate surface area is 113 Å². The van der Waals surface area contributed by atoms with Gasteiger partial charge in [-0.25, -0.2) is 0 Å². The molecule has 2 rings (SSSR count). The van der Waals surface area contributed by atoms with E-state index in [4.69, 9.17) is 0 Å². The van der Waals surface area contributed by atoms with Crippen LogP contribution in [0.1, 0.15) is 54.4 Å². The Morgan fingerprint density at radius 1 is 0.588 bits per heavy atom. The molecule has 0 unspecified atom stereocenters. The van der Waals surface area contributed by atoms with E-state index in [1.54, 1.807) is 42.0 Å². The van der Waals surface area contributed by atoms with Gasteiger partial charge in [-0.3, -0.25) is 0 Å². The molecule has 17 heavy (non-hydrogen) atoms. The van der Waals surface area contributed by atoms with Gasteiger partial charge in [-0.05, 0) is 0 Å². The summed E-state index contributed by atoms with van der Waals surface area (Å²) in [6.45, 7) is 13.8. The van der Waals surface area contributed by atoms with Crippen LogP contribution in [0.25, 0.3) is 0 Å². The molecule has 1 heteroatoms. The van der Waals surface area contributed by atoms with Crippen LogP contribution in [-0.2, 0) is 16.3 Å². The molecule has 91 valence electrons. The first kappa shape index (κ1) is 13.0. The van der Waals surface area contributed by atoms with E-state index in [-0.39, 0.29) is 16.3 Å². The Morgan fingerprint density at radius 3 is 1.18 bits per heavy atom. The van der Waals surface area contributed by atoms with Crippen LogP contribution in [0.5, 0.6) is 0 Å². The van der Waals surface area contributed by atoms with Crippen LogP contribution in [0.3, 0.4) is 0 Å². The van der Waals surface area contributed by atoms with Crippen LogP contribution >= 0.6 is 0 Å². The molecule has 0 fully saturated rings. The Bertz CT molecular complexity index is 450. The van der Waals surface area contributed by atoms with Crippen LogP contribution in [0.4, 0.5) is 0 Å². The normalized spacial score (nSPS) is 21.3. The minimum absolute atomic E-state index is 0.266. The van der Waals surface area contributed by atoms with Crippen molar-refractivity contribution in [3.63, 3.8) is 0 Å². The van der Waals surface area contributed by atoms with Crippen LogP contribution in [0.15, 0.2) is 42.0 Å². The molecule has 0 bridgehead atoms. The first-order valence-electron chi connectivity index (χ1n) is 6.36. The summed E-state index contributed by atoms with van der Waals surface area (Å²) in [7, 11) is 0. The summed E-state index contributed by atoms with van der Waals surface area (Å²) in [5, 5.41) is 0. The van der Waals surface area contributed by atoms with Crippen molar-refractivity contribution in [2.45, 2.75) is 54.4 Å². The third-order valence-corrected chi connectivity index (χ3v) is 6.79. The monoisotopic (exact) mass is 265 g/mol. The van der Waals surface area contributed by atoms with Crippen LogP contribution in [0, 0.1) is 0 Å². The van der Waals surface area contributed by atoms with Crippen LogP contribution in [0.2, 0.25) is 0 Å². The first-order valence-corrected chi connectivity index (χ1v) is 7.76. The second-order valence-corrected chi connectivity index (χ2v) is 7.45. The maximum absolute atomic E-state index is 2.31. The third-order valence-electron chi connectivity index (χ3n) is 4.41. The third kappa shape index (κ3) is 2.26. The predicted octanol–water partition coefficient (Wildman–Crippen LogP) is 5.10. The van der Waals surface area contributed by atoms with Gasteiger partial charge in [-0.15, -0.1) is 0 Å². The Kier molecular flexibility index (Phi) is 3.57.